The molecule has 1 N–H and O–H groups in total. The highest BCUT2D eigenvalue weighted by molar-refractivity contribution is 7.99. The minimum absolute atomic E-state index is 0.269. The van der Waals surface area contributed by atoms with E-state index >= 15 is 0 Å². The number of hydrogen-bond donors (Lipinski definition) is 1. The highest BCUT2D eigenvalue weighted by atomic mass is 32.2. The predicted molar refractivity (Wildman–Crippen MR) is 71.2 cm³/mol. The van der Waals surface area contributed by atoms with Gasteiger partial charge in [-0.05, 0) is 50.2 Å². The molecule has 4 heteroatoms. The van der Waals surface area contributed by atoms with Crippen LogP contribution < -0.4 is 5.32 Å². The fraction of sp³-hybridized carbons (Fsp3) is 0.923. The van der Waals surface area contributed by atoms with Gasteiger partial charge in [0.2, 0.25) is 5.91 Å². The average Bonchev–Trinajstić information content (AvgIpc) is 3.04. The Morgan fingerprint density at radius 2 is 1.76 bits per heavy atom. The van der Waals surface area contributed by atoms with Gasteiger partial charge in [0.15, 0.2) is 0 Å². The number of nitrogens with zero attached hydrogens (tertiary/aromatic N) is 1. The summed E-state index contributed by atoms with van der Waals surface area (Å²) in [5.74, 6) is 3.20. The molecule has 1 aliphatic carbocycles. The summed E-state index contributed by atoms with van der Waals surface area (Å²) in [5.41, 5.74) is 0. The van der Waals surface area contributed by atoms with Crippen LogP contribution >= 0.6 is 11.8 Å². The van der Waals surface area contributed by atoms with Crippen LogP contribution in [0.4, 0.5) is 0 Å². The third-order valence-electron chi connectivity index (χ3n) is 4.19. The van der Waals surface area contributed by atoms with Crippen molar-refractivity contribution in [3.8, 4) is 0 Å². The molecule has 2 saturated heterocycles. The van der Waals surface area contributed by atoms with Gasteiger partial charge in [-0.15, -0.1) is 0 Å². The summed E-state index contributed by atoms with van der Waals surface area (Å²) in [6.07, 6.45) is 5.97. The molecule has 0 unspecified atom stereocenters. The zero-order chi connectivity index (χ0) is 11.7. The first kappa shape index (κ1) is 11.8. The van der Waals surface area contributed by atoms with Crippen molar-refractivity contribution in [1.29, 1.82) is 0 Å². The molecule has 1 amide bonds. The Hall–Kier alpha value is -0.220. The first-order valence-corrected chi connectivity index (χ1v) is 8.12. The van der Waals surface area contributed by atoms with Crippen molar-refractivity contribution in [2.24, 2.45) is 5.92 Å². The number of rotatable bonds is 3. The van der Waals surface area contributed by atoms with Gasteiger partial charge in [-0.3, -0.25) is 4.79 Å². The van der Waals surface area contributed by atoms with E-state index in [0.29, 0.717) is 18.0 Å². The Kier molecular flexibility index (Phi) is 3.61. The number of carbonyl (C=O) groups excluding carboxylic acids is 1. The lowest BCUT2D eigenvalue weighted by Crippen LogP contribution is -2.47. The van der Waals surface area contributed by atoms with E-state index in [0.717, 1.165) is 19.5 Å². The molecule has 3 nitrogen and oxygen atoms in total. The van der Waals surface area contributed by atoms with E-state index < -0.39 is 0 Å². The van der Waals surface area contributed by atoms with Gasteiger partial charge in [0.25, 0.3) is 0 Å². The standard InChI is InChI=1S/C13H22N2OS/c16-13(10-3-6-14-9-10)15(11-1-2-11)12-4-7-17-8-5-12/h10-12,14H,1-9H2/t10-/m0/s1. The second-order valence-electron chi connectivity index (χ2n) is 5.51. The van der Waals surface area contributed by atoms with Gasteiger partial charge in [0.1, 0.15) is 0 Å². The van der Waals surface area contributed by atoms with Crippen LogP contribution in [0.1, 0.15) is 32.1 Å². The molecule has 3 rings (SSSR count). The van der Waals surface area contributed by atoms with Crippen LogP contribution in [0.2, 0.25) is 0 Å². The fourth-order valence-electron chi connectivity index (χ4n) is 3.05. The first-order chi connectivity index (χ1) is 8.36. The normalized spacial score (nSPS) is 30.5. The van der Waals surface area contributed by atoms with E-state index in [1.807, 2.05) is 11.8 Å². The third kappa shape index (κ3) is 2.63. The quantitative estimate of drug-likeness (QED) is 0.828. The van der Waals surface area contributed by atoms with Crippen molar-refractivity contribution < 1.29 is 4.79 Å². The van der Waals surface area contributed by atoms with Gasteiger partial charge < -0.3 is 10.2 Å². The smallest absolute Gasteiger partial charge is 0.227 e. The van der Waals surface area contributed by atoms with Crippen LogP contribution in [0, 0.1) is 5.92 Å². The number of hydrogen-bond acceptors (Lipinski definition) is 3. The molecule has 0 spiro atoms. The number of nitrogens with one attached hydrogen (secondary N) is 1. The van der Waals surface area contributed by atoms with Crippen LogP contribution in [0.15, 0.2) is 0 Å². The molecular weight excluding hydrogens is 232 g/mol. The maximum Gasteiger partial charge on any atom is 0.227 e. The van der Waals surface area contributed by atoms with Crippen molar-refractivity contribution in [2.75, 3.05) is 24.6 Å². The van der Waals surface area contributed by atoms with Gasteiger partial charge in [-0.1, -0.05) is 0 Å². The Labute approximate surface area is 108 Å². The highest BCUT2D eigenvalue weighted by Crippen LogP contribution is 2.34. The van der Waals surface area contributed by atoms with Crippen molar-refractivity contribution >= 4 is 17.7 Å². The number of thioether (sulfide) groups is 1. The zero-order valence-corrected chi connectivity index (χ0v) is 11.2. The fourth-order valence-corrected chi connectivity index (χ4v) is 4.13. The van der Waals surface area contributed by atoms with Crippen molar-refractivity contribution in [2.45, 2.75) is 44.2 Å². The molecule has 0 aromatic heterocycles. The minimum Gasteiger partial charge on any atom is -0.336 e. The molecule has 0 aromatic carbocycles. The SMILES string of the molecule is O=C([C@H]1CCNC1)N(C1CCSCC1)C1CC1. The summed E-state index contributed by atoms with van der Waals surface area (Å²) in [4.78, 5) is 14.9. The lowest BCUT2D eigenvalue weighted by Gasteiger charge is -2.36. The minimum atomic E-state index is 0.269. The molecule has 3 fully saturated rings. The molecular formula is C13H22N2OS. The van der Waals surface area contributed by atoms with E-state index in [1.54, 1.807) is 0 Å². The summed E-state index contributed by atoms with van der Waals surface area (Å²) < 4.78 is 0. The van der Waals surface area contributed by atoms with Crippen molar-refractivity contribution in [1.82, 2.24) is 10.2 Å². The molecule has 96 valence electrons. The van der Waals surface area contributed by atoms with E-state index in [1.165, 1.54) is 37.2 Å². The first-order valence-electron chi connectivity index (χ1n) is 6.97. The van der Waals surface area contributed by atoms with Crippen LogP contribution in [0.25, 0.3) is 0 Å². The summed E-state index contributed by atoms with van der Waals surface area (Å²) in [6.45, 7) is 1.93. The highest BCUT2D eigenvalue weighted by Gasteiger charge is 2.40. The van der Waals surface area contributed by atoms with Crippen LogP contribution in [-0.2, 0) is 4.79 Å². The molecule has 1 atom stereocenters. The molecule has 0 bridgehead atoms. The second kappa shape index (κ2) is 5.19. The third-order valence-corrected chi connectivity index (χ3v) is 5.24. The van der Waals surface area contributed by atoms with Crippen molar-refractivity contribution in [3.63, 3.8) is 0 Å². The van der Waals surface area contributed by atoms with Gasteiger partial charge >= 0.3 is 0 Å². The maximum absolute atomic E-state index is 12.6. The monoisotopic (exact) mass is 254 g/mol. The maximum atomic E-state index is 12.6. The molecule has 1 saturated carbocycles. The van der Waals surface area contributed by atoms with Crippen LogP contribution in [-0.4, -0.2) is 47.5 Å². The lowest BCUT2D eigenvalue weighted by molar-refractivity contribution is -0.138. The van der Waals surface area contributed by atoms with Crippen molar-refractivity contribution in [3.05, 3.63) is 0 Å². The summed E-state index contributed by atoms with van der Waals surface area (Å²) in [7, 11) is 0. The molecule has 3 aliphatic rings. The summed E-state index contributed by atoms with van der Waals surface area (Å²) in [5, 5.41) is 3.32. The predicted octanol–water partition coefficient (Wildman–Crippen LogP) is 1.48. The molecule has 17 heavy (non-hydrogen) atoms. The Morgan fingerprint density at radius 1 is 1.06 bits per heavy atom. The second-order valence-corrected chi connectivity index (χ2v) is 6.73. The van der Waals surface area contributed by atoms with Gasteiger partial charge in [0.05, 0.1) is 5.92 Å². The molecule has 2 heterocycles. The van der Waals surface area contributed by atoms with E-state index in [9.17, 15) is 4.79 Å². The Morgan fingerprint density at radius 3 is 2.35 bits per heavy atom. The Bertz CT molecular complexity index is 281. The summed E-state index contributed by atoms with van der Waals surface area (Å²) >= 11 is 2.04. The van der Waals surface area contributed by atoms with Gasteiger partial charge in [-0.25, -0.2) is 0 Å². The topological polar surface area (TPSA) is 32.3 Å². The lowest BCUT2D eigenvalue weighted by atomic mass is 10.0. The number of amides is 1. The van der Waals surface area contributed by atoms with Crippen LogP contribution in [0.5, 0.6) is 0 Å². The van der Waals surface area contributed by atoms with E-state index in [2.05, 4.69) is 10.2 Å². The van der Waals surface area contributed by atoms with E-state index in [-0.39, 0.29) is 5.92 Å². The average molecular weight is 254 g/mol. The molecule has 2 aliphatic heterocycles. The molecule has 0 aromatic rings. The largest absolute Gasteiger partial charge is 0.336 e. The van der Waals surface area contributed by atoms with E-state index in [4.69, 9.17) is 0 Å². The van der Waals surface area contributed by atoms with Gasteiger partial charge in [-0.2, -0.15) is 11.8 Å². The van der Waals surface area contributed by atoms with Crippen LogP contribution in [0.3, 0.4) is 0 Å². The molecule has 0 radical (unpaired) electrons. The van der Waals surface area contributed by atoms with Gasteiger partial charge in [0, 0.05) is 18.6 Å². The summed E-state index contributed by atoms with van der Waals surface area (Å²) in [6, 6.07) is 1.15. The zero-order valence-electron chi connectivity index (χ0n) is 10.4. The Balaban J connectivity index is 1.67. The number of carbonyl (C=O) groups is 1.